The van der Waals surface area contributed by atoms with Gasteiger partial charge in [-0.15, -0.1) is 10.2 Å². The molecule has 170 valence electrons. The van der Waals surface area contributed by atoms with E-state index in [1.807, 2.05) is 72.0 Å². The first-order valence-electron chi connectivity index (χ1n) is 10.7. The Balaban J connectivity index is 1.51. The average Bonchev–Trinajstić information content (AvgIpc) is 3.45. The van der Waals surface area contributed by atoms with Crippen molar-refractivity contribution in [3.63, 3.8) is 0 Å². The van der Waals surface area contributed by atoms with Crippen molar-refractivity contribution in [2.75, 3.05) is 18.2 Å². The van der Waals surface area contributed by atoms with Gasteiger partial charge in [-0.3, -0.25) is 9.47 Å². The van der Waals surface area contributed by atoms with E-state index in [1.54, 1.807) is 7.11 Å². The number of amides is 1. The number of nitrogens with zero attached hydrogens (tertiary/aromatic N) is 4. The number of benzene rings is 2. The van der Waals surface area contributed by atoms with E-state index in [4.69, 9.17) is 4.74 Å². The number of thioether (sulfide) groups is 1. The predicted octanol–water partition coefficient (Wildman–Crippen LogP) is 4.65. The molecule has 0 aliphatic carbocycles. The lowest BCUT2D eigenvalue weighted by atomic mass is 10.1. The largest absolute Gasteiger partial charge is 0.497 e. The van der Waals surface area contributed by atoms with Gasteiger partial charge in [0, 0.05) is 24.5 Å². The van der Waals surface area contributed by atoms with Crippen LogP contribution in [0.15, 0.2) is 66.1 Å². The van der Waals surface area contributed by atoms with Crippen molar-refractivity contribution in [2.45, 2.75) is 32.3 Å². The Morgan fingerprint density at radius 3 is 2.33 bits per heavy atom. The van der Waals surface area contributed by atoms with Crippen LogP contribution in [0.4, 0.5) is 5.69 Å². The number of aryl methyl sites for hydroxylation is 3. The number of methoxy groups -OCH3 is 1. The summed E-state index contributed by atoms with van der Waals surface area (Å²) in [5.74, 6) is 1.75. The minimum absolute atomic E-state index is 0.0752. The summed E-state index contributed by atoms with van der Waals surface area (Å²) in [7, 11) is 1.65. The van der Waals surface area contributed by atoms with E-state index in [2.05, 4.69) is 34.6 Å². The van der Waals surface area contributed by atoms with Crippen molar-refractivity contribution < 1.29 is 9.53 Å². The van der Waals surface area contributed by atoms with Gasteiger partial charge in [-0.2, -0.15) is 0 Å². The van der Waals surface area contributed by atoms with Gasteiger partial charge in [0.1, 0.15) is 5.75 Å². The molecule has 7 nitrogen and oxygen atoms in total. The maximum Gasteiger partial charge on any atom is 0.234 e. The molecule has 2 aromatic carbocycles. The number of nitrogens with one attached hydrogen (secondary N) is 1. The molecule has 0 fully saturated rings. The smallest absolute Gasteiger partial charge is 0.234 e. The summed E-state index contributed by atoms with van der Waals surface area (Å²) in [6, 6.07) is 15.9. The van der Waals surface area contributed by atoms with Crippen LogP contribution in [0.3, 0.4) is 0 Å². The molecule has 0 aliphatic rings. The van der Waals surface area contributed by atoms with Gasteiger partial charge < -0.3 is 10.1 Å². The summed E-state index contributed by atoms with van der Waals surface area (Å²) in [5, 5.41) is 12.5. The fourth-order valence-electron chi connectivity index (χ4n) is 3.80. The summed E-state index contributed by atoms with van der Waals surface area (Å²) in [6.45, 7) is 6.08. The second kappa shape index (κ2) is 9.95. The highest BCUT2D eigenvalue weighted by Crippen LogP contribution is 2.24. The second-order valence-corrected chi connectivity index (χ2v) is 8.85. The molecule has 4 aromatic rings. The zero-order chi connectivity index (χ0) is 23.4. The molecule has 2 aromatic heterocycles. The van der Waals surface area contributed by atoms with Crippen molar-refractivity contribution in [1.29, 1.82) is 0 Å². The molecule has 0 radical (unpaired) electrons. The lowest BCUT2D eigenvalue weighted by Crippen LogP contribution is -2.17. The maximum absolute atomic E-state index is 12.7. The molecule has 4 rings (SSSR count). The summed E-state index contributed by atoms with van der Waals surface area (Å²) < 4.78 is 9.10. The zero-order valence-electron chi connectivity index (χ0n) is 19.2. The van der Waals surface area contributed by atoms with Crippen molar-refractivity contribution in [3.05, 3.63) is 89.0 Å². The van der Waals surface area contributed by atoms with Crippen LogP contribution in [-0.2, 0) is 11.2 Å². The summed E-state index contributed by atoms with van der Waals surface area (Å²) in [5.41, 5.74) is 5.27. The third-order valence-corrected chi connectivity index (χ3v) is 6.21. The van der Waals surface area contributed by atoms with Crippen molar-refractivity contribution in [1.82, 2.24) is 19.5 Å². The number of carbonyl (C=O) groups excluding carboxylic acids is 1. The van der Waals surface area contributed by atoms with Crippen LogP contribution in [0.25, 0.3) is 0 Å². The van der Waals surface area contributed by atoms with Crippen molar-refractivity contribution in [3.8, 4) is 5.75 Å². The molecule has 0 saturated heterocycles. The third-order valence-electron chi connectivity index (χ3n) is 5.29. The van der Waals surface area contributed by atoms with Crippen molar-refractivity contribution in [2.24, 2.45) is 0 Å². The van der Waals surface area contributed by atoms with Crippen LogP contribution < -0.4 is 10.1 Å². The molecule has 0 bridgehead atoms. The highest BCUT2D eigenvalue weighted by Gasteiger charge is 2.17. The summed E-state index contributed by atoms with van der Waals surface area (Å²) in [4.78, 5) is 12.7. The quantitative estimate of drug-likeness (QED) is 0.387. The number of hydrogen-bond acceptors (Lipinski definition) is 5. The Kier molecular flexibility index (Phi) is 6.84. The predicted molar refractivity (Wildman–Crippen MR) is 131 cm³/mol. The van der Waals surface area contributed by atoms with Crippen LogP contribution in [0.2, 0.25) is 0 Å². The molecule has 1 N–H and O–H groups in total. The first-order valence-corrected chi connectivity index (χ1v) is 11.6. The molecule has 2 heterocycles. The lowest BCUT2D eigenvalue weighted by Gasteiger charge is -2.13. The highest BCUT2D eigenvalue weighted by molar-refractivity contribution is 7.99. The Morgan fingerprint density at radius 1 is 1.03 bits per heavy atom. The Bertz CT molecular complexity index is 1220. The number of hydrogen-bond donors (Lipinski definition) is 1. The number of rotatable bonds is 8. The minimum atomic E-state index is -0.0752. The standard InChI is InChI=1S/C25H27N5O2S/c1-17-13-18(2)24(19(3)14-17)26-23(31)16-33-25-28-27-22(30(25)29-11-5-6-12-29)15-20-7-9-21(32-4)10-8-20/h5-14H,15-16H2,1-4H3,(H,26,31). The van der Waals surface area contributed by atoms with Crippen LogP contribution >= 0.6 is 11.8 Å². The maximum atomic E-state index is 12.7. The Morgan fingerprint density at radius 2 is 1.70 bits per heavy atom. The first kappa shape index (κ1) is 22.7. The van der Waals surface area contributed by atoms with E-state index >= 15 is 0 Å². The monoisotopic (exact) mass is 461 g/mol. The molecule has 0 saturated carbocycles. The van der Waals surface area contributed by atoms with Crippen LogP contribution in [0.5, 0.6) is 5.75 Å². The number of ether oxygens (including phenoxy) is 1. The van der Waals surface area contributed by atoms with Crippen LogP contribution in [-0.4, -0.2) is 38.3 Å². The van der Waals surface area contributed by atoms with E-state index in [-0.39, 0.29) is 11.7 Å². The van der Waals surface area contributed by atoms with Gasteiger partial charge in [-0.05, 0) is 61.7 Å². The molecular weight excluding hydrogens is 434 g/mol. The van der Waals surface area contributed by atoms with Gasteiger partial charge in [0.05, 0.1) is 12.9 Å². The van der Waals surface area contributed by atoms with Gasteiger partial charge in [-0.1, -0.05) is 41.6 Å². The normalized spacial score (nSPS) is 10.9. The summed E-state index contributed by atoms with van der Waals surface area (Å²) in [6.07, 6.45) is 4.47. The van der Waals surface area contributed by atoms with E-state index < -0.39 is 0 Å². The van der Waals surface area contributed by atoms with Crippen LogP contribution in [0.1, 0.15) is 28.1 Å². The van der Waals surface area contributed by atoms with Gasteiger partial charge in [0.2, 0.25) is 11.1 Å². The number of anilines is 1. The summed E-state index contributed by atoms with van der Waals surface area (Å²) >= 11 is 1.36. The second-order valence-electron chi connectivity index (χ2n) is 7.91. The van der Waals surface area contributed by atoms with Gasteiger partial charge in [0.25, 0.3) is 0 Å². The number of aromatic nitrogens is 4. The SMILES string of the molecule is COc1ccc(Cc2nnc(SCC(=O)Nc3c(C)cc(C)cc3C)n2-n2cccc2)cc1. The van der Waals surface area contributed by atoms with Crippen LogP contribution in [0, 0.1) is 20.8 Å². The van der Waals surface area contributed by atoms with Gasteiger partial charge in [0.15, 0.2) is 5.82 Å². The van der Waals surface area contributed by atoms with E-state index in [1.165, 1.54) is 17.3 Å². The third kappa shape index (κ3) is 5.28. The van der Waals surface area contributed by atoms with E-state index in [0.717, 1.165) is 34.0 Å². The molecular formula is C25H27N5O2S. The fourth-order valence-corrected chi connectivity index (χ4v) is 4.55. The molecule has 1 amide bonds. The Labute approximate surface area is 197 Å². The molecule has 8 heteroatoms. The zero-order valence-corrected chi connectivity index (χ0v) is 20.0. The van der Waals surface area contributed by atoms with Gasteiger partial charge in [-0.25, -0.2) is 4.68 Å². The number of carbonyl (C=O) groups is 1. The molecule has 0 aliphatic heterocycles. The van der Waals surface area contributed by atoms with E-state index in [9.17, 15) is 4.79 Å². The lowest BCUT2D eigenvalue weighted by molar-refractivity contribution is -0.113. The molecule has 0 unspecified atom stereocenters. The van der Waals surface area contributed by atoms with Gasteiger partial charge >= 0.3 is 0 Å². The average molecular weight is 462 g/mol. The molecule has 33 heavy (non-hydrogen) atoms. The fraction of sp³-hybridized carbons (Fsp3) is 0.240. The molecule has 0 atom stereocenters. The van der Waals surface area contributed by atoms with Crippen molar-refractivity contribution >= 4 is 23.4 Å². The Hall–Kier alpha value is -3.52. The minimum Gasteiger partial charge on any atom is -0.497 e. The topological polar surface area (TPSA) is 74.0 Å². The first-order chi connectivity index (χ1) is 15.9. The highest BCUT2D eigenvalue weighted by atomic mass is 32.2. The molecule has 0 spiro atoms. The van der Waals surface area contributed by atoms with E-state index in [0.29, 0.717) is 11.6 Å².